The molecule has 6 rings (SSSR count). The number of aliphatic imine (C=N–C) groups is 2. The van der Waals surface area contributed by atoms with Gasteiger partial charge in [-0.05, 0) is 96.7 Å². The molecule has 0 aliphatic rings. The van der Waals surface area contributed by atoms with Gasteiger partial charge in [-0.15, -0.1) is 22.7 Å². The molecule has 45 heavy (non-hydrogen) atoms. The topological polar surface area (TPSA) is 69.0 Å². The van der Waals surface area contributed by atoms with Gasteiger partial charge in [-0.3, -0.25) is 9.98 Å². The Bertz CT molecular complexity index is 1640. The van der Waals surface area contributed by atoms with Gasteiger partial charge in [0.05, 0.1) is 45.0 Å². The molecule has 0 bridgehead atoms. The van der Waals surface area contributed by atoms with Gasteiger partial charge in [-0.1, -0.05) is 24.3 Å². The number of rotatable bonds is 8. The van der Waals surface area contributed by atoms with Crippen LogP contribution in [-0.4, -0.2) is 33.3 Å². The number of para-hydroxylation sites is 2. The van der Waals surface area contributed by atoms with Crippen molar-refractivity contribution in [2.75, 3.05) is 13.2 Å². The van der Waals surface area contributed by atoms with E-state index in [9.17, 15) is 0 Å². The Morgan fingerprint density at radius 2 is 0.956 bits per heavy atom. The van der Waals surface area contributed by atoms with Crippen LogP contribution in [0, 0.1) is 0 Å². The average molecular weight is 757 g/mol. The number of ether oxygens (including phenoxy) is 2. The fourth-order valence-electron chi connectivity index (χ4n) is 3.82. The Labute approximate surface area is 304 Å². The van der Waals surface area contributed by atoms with Crippen LogP contribution in [0.1, 0.15) is 23.9 Å². The Kier molecular flexibility index (Phi) is 16.1. The Morgan fingerprint density at radius 1 is 0.600 bits per heavy atom. The standard InChI is InChI=1S/2C16H14N2OS2.2ClH.Co/c2*1-2-19-12-9-7-11(8-10-12)17-15(20)16-18-13-5-3-4-6-14(13)21-16;;;/h2*3-10H,2H2,1H3,(H,17,20);2*1H;/q;;;;+2/p-4. The van der Waals surface area contributed by atoms with Gasteiger partial charge in [0.25, 0.3) is 0 Å². The van der Waals surface area contributed by atoms with E-state index in [1.807, 2.05) is 111 Å². The first-order valence-corrected chi connectivity index (χ1v) is 15.7. The number of fused-ring (bicyclic) bond motifs is 2. The van der Waals surface area contributed by atoms with E-state index in [1.165, 1.54) is 0 Å². The maximum atomic E-state index is 5.41. The second kappa shape index (κ2) is 18.9. The summed E-state index contributed by atoms with van der Waals surface area (Å²) in [4.78, 5) is 17.9. The van der Waals surface area contributed by atoms with Crippen LogP contribution >= 0.6 is 22.7 Å². The maximum Gasteiger partial charge on any atom is 2.00 e. The van der Waals surface area contributed by atoms with Crippen molar-refractivity contribution in [2.24, 2.45) is 9.98 Å². The molecular weight excluding hydrogens is 730 g/mol. The second-order valence-electron chi connectivity index (χ2n) is 8.66. The number of aromatic nitrogens is 2. The molecule has 0 fully saturated rings. The van der Waals surface area contributed by atoms with Gasteiger partial charge >= 0.3 is 16.8 Å². The monoisotopic (exact) mass is 755 g/mol. The fraction of sp³-hybridized carbons (Fsp3) is 0.125. The summed E-state index contributed by atoms with van der Waals surface area (Å²) >= 11 is 13.9. The number of nitrogens with zero attached hydrogens (tertiary/aromatic N) is 4. The molecule has 2 heterocycles. The summed E-state index contributed by atoms with van der Waals surface area (Å²) in [6.45, 7) is 5.22. The van der Waals surface area contributed by atoms with Crippen molar-refractivity contribution < 1.29 is 51.1 Å². The molecule has 0 amide bonds. The molecule has 2 aromatic heterocycles. The zero-order valence-corrected chi connectivity index (χ0v) is 29.8. The van der Waals surface area contributed by atoms with Crippen molar-refractivity contribution in [1.29, 1.82) is 0 Å². The van der Waals surface area contributed by atoms with Gasteiger partial charge in [0.15, 0.2) is 0 Å². The molecule has 0 atom stereocenters. The smallest absolute Gasteiger partial charge is 1.00 e. The predicted octanol–water partition coefficient (Wildman–Crippen LogP) is 2.65. The largest absolute Gasteiger partial charge is 2.00 e. The first-order chi connectivity index (χ1) is 20.5. The Morgan fingerprint density at radius 3 is 1.29 bits per heavy atom. The number of halogens is 2. The van der Waals surface area contributed by atoms with E-state index in [0.717, 1.165) is 53.3 Å². The van der Waals surface area contributed by atoms with Gasteiger partial charge < -0.3 is 59.5 Å². The molecular formula is C32H26Cl2CoN4O2S4-2. The molecule has 13 heteroatoms. The molecule has 0 saturated heterocycles. The number of benzene rings is 4. The van der Waals surface area contributed by atoms with Crippen molar-refractivity contribution in [3.63, 3.8) is 0 Å². The minimum atomic E-state index is 0. The van der Waals surface area contributed by atoms with Crippen LogP contribution in [0.3, 0.4) is 0 Å². The van der Waals surface area contributed by atoms with E-state index in [0.29, 0.717) is 23.3 Å². The third-order valence-corrected chi connectivity index (χ3v) is 8.62. The Hall–Kier alpha value is -2.87. The van der Waals surface area contributed by atoms with Crippen LogP contribution < -0.4 is 34.3 Å². The van der Waals surface area contributed by atoms with Crippen LogP contribution in [0.25, 0.3) is 20.4 Å². The normalized spacial score (nSPS) is 11.0. The molecule has 0 spiro atoms. The van der Waals surface area contributed by atoms with Crippen molar-refractivity contribution in [2.45, 2.75) is 13.8 Å². The zero-order valence-electron chi connectivity index (χ0n) is 24.0. The van der Waals surface area contributed by atoms with Crippen LogP contribution in [0.5, 0.6) is 11.5 Å². The zero-order chi connectivity index (χ0) is 29.3. The van der Waals surface area contributed by atoms with E-state index in [-0.39, 0.29) is 41.6 Å². The predicted molar refractivity (Wildman–Crippen MR) is 182 cm³/mol. The molecule has 0 unspecified atom stereocenters. The molecule has 6 aromatic rings. The quantitative estimate of drug-likeness (QED) is 0.135. The summed E-state index contributed by atoms with van der Waals surface area (Å²) in [6, 6.07) is 31.1. The van der Waals surface area contributed by atoms with E-state index in [1.54, 1.807) is 22.7 Å². The molecule has 235 valence electrons. The SMILES string of the molecule is CCOc1ccc(N=C([S-])c2nc3ccccc3s2)cc1.CCOc1ccc(N=C([S-])c2nc3ccccc3s2)cc1.[Cl-].[Cl-].[Co+2]. The van der Waals surface area contributed by atoms with Crippen molar-refractivity contribution in [3.8, 4) is 11.5 Å². The summed E-state index contributed by atoms with van der Waals surface area (Å²) < 4.78 is 13.1. The Balaban J connectivity index is 0.000000294. The summed E-state index contributed by atoms with van der Waals surface area (Å²) in [7, 11) is 0. The van der Waals surface area contributed by atoms with Crippen LogP contribution in [0.15, 0.2) is 107 Å². The maximum absolute atomic E-state index is 5.41. The van der Waals surface area contributed by atoms with Gasteiger partial charge in [-0.2, -0.15) is 0 Å². The van der Waals surface area contributed by atoms with Crippen molar-refractivity contribution >= 4 is 89.8 Å². The molecule has 1 radical (unpaired) electrons. The number of hydrogen-bond donors (Lipinski definition) is 0. The molecule has 6 nitrogen and oxygen atoms in total. The van der Waals surface area contributed by atoms with Crippen LogP contribution in [0.2, 0.25) is 0 Å². The van der Waals surface area contributed by atoms with Crippen LogP contribution in [-0.2, 0) is 42.0 Å². The van der Waals surface area contributed by atoms with E-state index >= 15 is 0 Å². The first-order valence-electron chi connectivity index (χ1n) is 13.2. The number of thiazole rings is 2. The molecule has 0 N–H and O–H groups in total. The van der Waals surface area contributed by atoms with Gasteiger partial charge in [0.1, 0.15) is 21.5 Å². The summed E-state index contributed by atoms with van der Waals surface area (Å²) in [5.74, 6) is 1.67. The summed E-state index contributed by atoms with van der Waals surface area (Å²) in [6.07, 6.45) is 0. The fourth-order valence-corrected chi connectivity index (χ4v) is 6.08. The minimum Gasteiger partial charge on any atom is -1.00 e. The molecule has 0 saturated carbocycles. The summed E-state index contributed by atoms with van der Waals surface area (Å²) in [5.41, 5.74) is 3.54. The van der Waals surface area contributed by atoms with Crippen molar-refractivity contribution in [3.05, 3.63) is 107 Å². The van der Waals surface area contributed by atoms with E-state index < -0.39 is 0 Å². The van der Waals surface area contributed by atoms with E-state index in [2.05, 4.69) is 20.0 Å². The van der Waals surface area contributed by atoms with E-state index in [4.69, 9.17) is 34.7 Å². The van der Waals surface area contributed by atoms with Gasteiger partial charge in [0.2, 0.25) is 0 Å². The van der Waals surface area contributed by atoms with Gasteiger partial charge in [-0.25, -0.2) is 9.97 Å². The minimum absolute atomic E-state index is 0. The second-order valence-corrected chi connectivity index (χ2v) is 11.5. The van der Waals surface area contributed by atoms with Crippen LogP contribution in [0.4, 0.5) is 11.4 Å². The van der Waals surface area contributed by atoms with Crippen molar-refractivity contribution in [1.82, 2.24) is 9.97 Å². The molecule has 0 aliphatic carbocycles. The molecule has 4 aromatic carbocycles. The molecule has 0 aliphatic heterocycles. The third kappa shape index (κ3) is 10.6. The first kappa shape index (κ1) is 38.3. The average Bonchev–Trinajstić information content (AvgIpc) is 3.65. The number of hydrogen-bond acceptors (Lipinski definition) is 10. The third-order valence-electron chi connectivity index (χ3n) is 5.71. The summed E-state index contributed by atoms with van der Waals surface area (Å²) in [5, 5.41) is 2.58. The van der Waals surface area contributed by atoms with Gasteiger partial charge in [0, 0.05) is 0 Å².